The number of hydrogen-bond acceptors (Lipinski definition) is 4. The minimum absolute atomic E-state index is 0.277. The van der Waals surface area contributed by atoms with Gasteiger partial charge in [0.15, 0.2) is 0 Å². The summed E-state index contributed by atoms with van der Waals surface area (Å²) in [5.74, 6) is 0.835. The Kier molecular flexibility index (Phi) is 4.84. The predicted octanol–water partition coefficient (Wildman–Crippen LogP) is 4.36. The van der Waals surface area contributed by atoms with Crippen molar-refractivity contribution in [3.63, 3.8) is 0 Å². The van der Waals surface area contributed by atoms with Crippen LogP contribution in [0.3, 0.4) is 0 Å². The first kappa shape index (κ1) is 18.3. The van der Waals surface area contributed by atoms with Crippen LogP contribution in [0.4, 0.5) is 5.82 Å². The molecule has 1 saturated carbocycles. The van der Waals surface area contributed by atoms with Crippen LogP contribution in [0.2, 0.25) is 10.0 Å². The third kappa shape index (κ3) is 3.55. The summed E-state index contributed by atoms with van der Waals surface area (Å²) in [7, 11) is 0. The molecule has 1 fully saturated rings. The lowest BCUT2D eigenvalue weighted by molar-refractivity contribution is 0.208. The molecule has 0 bridgehead atoms. The average Bonchev–Trinajstić information content (AvgIpc) is 3.45. The third-order valence-electron chi connectivity index (χ3n) is 4.69. The van der Waals surface area contributed by atoms with Crippen molar-refractivity contribution in [2.45, 2.75) is 31.8 Å². The first-order chi connectivity index (χ1) is 13.0. The van der Waals surface area contributed by atoms with Gasteiger partial charge in [0.2, 0.25) is 0 Å². The fourth-order valence-corrected chi connectivity index (χ4v) is 3.75. The second kappa shape index (κ2) is 7.15. The van der Waals surface area contributed by atoms with Crippen LogP contribution in [0.5, 0.6) is 0 Å². The van der Waals surface area contributed by atoms with E-state index >= 15 is 0 Å². The molecular formula is C20H19Cl2N3O2. The van der Waals surface area contributed by atoms with Crippen molar-refractivity contribution in [3.05, 3.63) is 62.5 Å². The van der Waals surface area contributed by atoms with Crippen molar-refractivity contribution >= 4 is 39.9 Å². The second-order valence-electron chi connectivity index (χ2n) is 6.92. The minimum Gasteiger partial charge on any atom is -0.392 e. The van der Waals surface area contributed by atoms with Crippen molar-refractivity contribution in [3.8, 4) is 5.69 Å². The Morgan fingerprint density at radius 2 is 2.00 bits per heavy atom. The first-order valence-corrected chi connectivity index (χ1v) is 9.64. The number of rotatable bonds is 5. The molecule has 1 aliphatic carbocycles. The van der Waals surface area contributed by atoms with Crippen LogP contribution in [-0.2, 0) is 0 Å². The third-order valence-corrected chi connectivity index (χ3v) is 5.33. The van der Waals surface area contributed by atoms with Crippen LogP contribution >= 0.6 is 23.2 Å². The van der Waals surface area contributed by atoms with E-state index in [1.807, 2.05) is 24.3 Å². The number of anilines is 1. The number of para-hydroxylation sites is 1. The topological polar surface area (TPSA) is 67.2 Å². The fraction of sp³-hybridized carbons (Fsp3) is 0.300. The van der Waals surface area contributed by atoms with Crippen LogP contribution in [0, 0.1) is 0 Å². The lowest BCUT2D eigenvalue weighted by atomic mass is 10.1. The lowest BCUT2D eigenvalue weighted by Crippen LogP contribution is -2.25. The number of hydrogen-bond donors (Lipinski definition) is 2. The molecule has 0 aliphatic heterocycles. The van der Waals surface area contributed by atoms with E-state index in [4.69, 9.17) is 23.2 Å². The normalized spacial score (nSPS) is 15.1. The largest absolute Gasteiger partial charge is 0.392 e. The molecule has 1 aromatic heterocycles. The maximum Gasteiger partial charge on any atom is 0.354 e. The number of aromatic nitrogens is 2. The molecule has 1 aliphatic rings. The van der Waals surface area contributed by atoms with Crippen LogP contribution in [0.25, 0.3) is 16.6 Å². The zero-order chi connectivity index (χ0) is 19.1. The fourth-order valence-electron chi connectivity index (χ4n) is 3.21. The van der Waals surface area contributed by atoms with Crippen LogP contribution in [0.1, 0.15) is 31.2 Å². The van der Waals surface area contributed by atoms with Crippen molar-refractivity contribution in [2.24, 2.45) is 0 Å². The molecule has 3 aromatic rings. The highest BCUT2D eigenvalue weighted by atomic mass is 35.5. The van der Waals surface area contributed by atoms with E-state index < -0.39 is 11.8 Å². The maximum atomic E-state index is 12.9. The van der Waals surface area contributed by atoms with Gasteiger partial charge < -0.3 is 10.4 Å². The van der Waals surface area contributed by atoms with Crippen LogP contribution in [0.15, 0.2) is 41.2 Å². The van der Waals surface area contributed by atoms with Gasteiger partial charge in [0.25, 0.3) is 0 Å². The summed E-state index contributed by atoms with van der Waals surface area (Å²) >= 11 is 12.9. The average molecular weight is 404 g/mol. The van der Waals surface area contributed by atoms with Crippen LogP contribution in [-0.4, -0.2) is 27.3 Å². The highest BCUT2D eigenvalue weighted by Crippen LogP contribution is 2.45. The minimum atomic E-state index is -0.575. The molecule has 140 valence electrons. The molecule has 0 spiro atoms. The van der Waals surface area contributed by atoms with Gasteiger partial charge >= 0.3 is 5.69 Å². The van der Waals surface area contributed by atoms with Gasteiger partial charge in [-0.2, -0.15) is 4.98 Å². The standard InChI is InChI=1S/C20H19Cl2N3O2/c1-11(26)10-23-19-14-8-16(22)13(12-6-7-12)9-18(14)25(20(27)24-19)17-5-3-2-4-15(17)21/h2-5,8-9,11-12,26H,6-7,10H2,1H3,(H,23,24,27). The Morgan fingerprint density at radius 3 is 2.67 bits per heavy atom. The molecule has 2 N–H and O–H groups in total. The number of nitrogens with one attached hydrogen (secondary N) is 1. The molecular weight excluding hydrogens is 385 g/mol. The highest BCUT2D eigenvalue weighted by Gasteiger charge is 2.27. The van der Waals surface area contributed by atoms with Crippen LogP contribution < -0.4 is 11.0 Å². The Balaban J connectivity index is 2.01. The zero-order valence-corrected chi connectivity index (χ0v) is 16.3. The molecule has 0 amide bonds. The van der Waals surface area contributed by atoms with Crippen molar-refractivity contribution in [1.82, 2.24) is 9.55 Å². The zero-order valence-electron chi connectivity index (χ0n) is 14.7. The van der Waals surface area contributed by atoms with Gasteiger partial charge in [-0.3, -0.25) is 4.57 Å². The maximum absolute atomic E-state index is 12.9. The molecule has 0 saturated heterocycles. The molecule has 2 aromatic carbocycles. The monoisotopic (exact) mass is 403 g/mol. The van der Waals surface area contributed by atoms with E-state index in [0.29, 0.717) is 38.4 Å². The number of nitrogens with zero attached hydrogens (tertiary/aromatic N) is 2. The number of aliphatic hydroxyl groups is 1. The summed E-state index contributed by atoms with van der Waals surface area (Å²) < 4.78 is 1.52. The molecule has 27 heavy (non-hydrogen) atoms. The highest BCUT2D eigenvalue weighted by molar-refractivity contribution is 6.33. The number of benzene rings is 2. The first-order valence-electron chi connectivity index (χ1n) is 8.88. The quantitative estimate of drug-likeness (QED) is 0.663. The van der Waals surface area contributed by atoms with Gasteiger partial charge in [0.05, 0.1) is 22.3 Å². The lowest BCUT2D eigenvalue weighted by Gasteiger charge is -2.17. The van der Waals surface area contributed by atoms with Gasteiger partial charge in [-0.1, -0.05) is 35.3 Å². The SMILES string of the molecule is CC(O)CNc1nc(=O)n(-c2ccccc2Cl)c2cc(C3CC3)c(Cl)cc12. The summed E-state index contributed by atoms with van der Waals surface area (Å²) in [5, 5.41) is 14.5. The Morgan fingerprint density at radius 1 is 1.26 bits per heavy atom. The van der Waals surface area contributed by atoms with Gasteiger partial charge in [-0.15, -0.1) is 0 Å². The van der Waals surface area contributed by atoms with E-state index in [1.54, 1.807) is 19.1 Å². The summed E-state index contributed by atoms with van der Waals surface area (Å²) in [5.41, 5.74) is 1.88. The molecule has 1 unspecified atom stereocenters. The van der Waals surface area contributed by atoms with Gasteiger partial charge in [0, 0.05) is 17.0 Å². The summed E-state index contributed by atoms with van der Waals surface area (Å²) in [6.45, 7) is 1.94. The second-order valence-corrected chi connectivity index (χ2v) is 7.74. The molecule has 0 radical (unpaired) electrons. The predicted molar refractivity (Wildman–Crippen MR) is 110 cm³/mol. The number of halogens is 2. The van der Waals surface area contributed by atoms with Crippen molar-refractivity contribution < 1.29 is 5.11 Å². The van der Waals surface area contributed by atoms with E-state index in [-0.39, 0.29) is 6.54 Å². The van der Waals surface area contributed by atoms with Gasteiger partial charge in [-0.25, -0.2) is 4.79 Å². The smallest absolute Gasteiger partial charge is 0.354 e. The summed E-state index contributed by atoms with van der Waals surface area (Å²) in [6, 6.07) is 11.0. The van der Waals surface area contributed by atoms with Crippen molar-refractivity contribution in [2.75, 3.05) is 11.9 Å². The summed E-state index contributed by atoms with van der Waals surface area (Å²) in [4.78, 5) is 17.1. The molecule has 1 atom stereocenters. The Bertz CT molecular complexity index is 1070. The summed E-state index contributed by atoms with van der Waals surface area (Å²) in [6.07, 6.45) is 1.62. The van der Waals surface area contributed by atoms with E-state index in [1.165, 1.54) is 4.57 Å². The van der Waals surface area contributed by atoms with Crippen molar-refractivity contribution in [1.29, 1.82) is 0 Å². The molecule has 5 nitrogen and oxygen atoms in total. The Hall–Kier alpha value is -2.08. The molecule has 7 heteroatoms. The van der Waals surface area contributed by atoms with Gasteiger partial charge in [-0.05, 0) is 55.5 Å². The number of fused-ring (bicyclic) bond motifs is 1. The van der Waals surface area contributed by atoms with E-state index in [0.717, 1.165) is 18.4 Å². The molecule has 1 heterocycles. The Labute approximate surface area is 166 Å². The van der Waals surface area contributed by atoms with E-state index in [2.05, 4.69) is 10.3 Å². The molecule has 4 rings (SSSR count). The van der Waals surface area contributed by atoms with E-state index in [9.17, 15) is 9.90 Å². The number of aliphatic hydroxyl groups excluding tert-OH is 1. The van der Waals surface area contributed by atoms with Gasteiger partial charge in [0.1, 0.15) is 5.82 Å².